The van der Waals surface area contributed by atoms with Gasteiger partial charge >= 0.3 is 0 Å². The third-order valence-electron chi connectivity index (χ3n) is 2.50. The molecule has 0 fully saturated rings. The van der Waals surface area contributed by atoms with E-state index in [1.54, 1.807) is 6.26 Å². The first kappa shape index (κ1) is 7.66. The number of hydrogen-bond acceptors (Lipinski definition) is 1. The molecule has 1 aromatic rings. The van der Waals surface area contributed by atoms with Crippen LogP contribution >= 0.6 is 0 Å². The van der Waals surface area contributed by atoms with Gasteiger partial charge in [-0.3, -0.25) is 0 Å². The number of fused-ring (bicyclic) bond motifs is 1. The molecule has 0 atom stereocenters. The molecule has 0 saturated heterocycles. The molecule has 12 heavy (non-hydrogen) atoms. The predicted octanol–water partition coefficient (Wildman–Crippen LogP) is 3.41. The fourth-order valence-electron chi connectivity index (χ4n) is 1.88. The Labute approximate surface area is 73.1 Å². The van der Waals surface area contributed by atoms with E-state index in [2.05, 4.69) is 19.9 Å². The molecule has 0 saturated carbocycles. The molecule has 0 spiro atoms. The Balaban J connectivity index is 2.52. The minimum absolute atomic E-state index is 1.11. The molecule has 1 heterocycles. The summed E-state index contributed by atoms with van der Waals surface area (Å²) in [5.41, 5.74) is 4.27. The lowest BCUT2D eigenvalue weighted by Gasteiger charge is -2.15. The van der Waals surface area contributed by atoms with Crippen LogP contribution in [0.5, 0.6) is 0 Å². The molecular formula is C11H14O. The van der Waals surface area contributed by atoms with Crippen molar-refractivity contribution in [3.8, 4) is 0 Å². The highest BCUT2D eigenvalue weighted by Gasteiger charge is 2.16. The zero-order valence-corrected chi connectivity index (χ0v) is 7.68. The highest BCUT2D eigenvalue weighted by molar-refractivity contribution is 5.70. The van der Waals surface area contributed by atoms with Crippen molar-refractivity contribution in [1.82, 2.24) is 0 Å². The summed E-state index contributed by atoms with van der Waals surface area (Å²) in [6.45, 7) is 4.36. The maximum absolute atomic E-state index is 5.40. The first-order chi connectivity index (χ1) is 5.79. The monoisotopic (exact) mass is 162 g/mol. The van der Waals surface area contributed by atoms with E-state index >= 15 is 0 Å². The van der Waals surface area contributed by atoms with Crippen LogP contribution in [-0.2, 0) is 6.42 Å². The Hall–Kier alpha value is -0.980. The molecule has 1 aliphatic carbocycles. The van der Waals surface area contributed by atoms with Crippen LogP contribution in [-0.4, -0.2) is 0 Å². The van der Waals surface area contributed by atoms with E-state index in [1.807, 2.05) is 0 Å². The standard InChI is InChI=1S/C11H14O/c1-8(2)9-4-3-5-11-10(9)6-7-12-11/h6-7H,3-5H2,1-2H3. The maximum atomic E-state index is 5.40. The fourth-order valence-corrected chi connectivity index (χ4v) is 1.88. The van der Waals surface area contributed by atoms with Crippen LogP contribution in [0.3, 0.4) is 0 Å². The summed E-state index contributed by atoms with van der Waals surface area (Å²) in [6.07, 6.45) is 5.37. The molecule has 0 radical (unpaired) electrons. The largest absolute Gasteiger partial charge is 0.469 e. The van der Waals surface area contributed by atoms with Crippen molar-refractivity contribution < 1.29 is 4.42 Å². The highest BCUT2D eigenvalue weighted by Crippen LogP contribution is 2.33. The lowest BCUT2D eigenvalue weighted by atomic mass is 9.90. The zero-order chi connectivity index (χ0) is 8.55. The molecule has 64 valence electrons. The van der Waals surface area contributed by atoms with Gasteiger partial charge in [0.05, 0.1) is 6.26 Å². The second kappa shape index (κ2) is 2.81. The number of furan rings is 1. The van der Waals surface area contributed by atoms with Crippen molar-refractivity contribution in [2.75, 3.05) is 0 Å². The summed E-state index contributed by atoms with van der Waals surface area (Å²) < 4.78 is 5.40. The summed E-state index contributed by atoms with van der Waals surface area (Å²) in [7, 11) is 0. The third kappa shape index (κ3) is 1.09. The minimum Gasteiger partial charge on any atom is -0.469 e. The molecular weight excluding hydrogens is 148 g/mol. The number of aryl methyl sites for hydroxylation is 1. The summed E-state index contributed by atoms with van der Waals surface area (Å²) in [5.74, 6) is 1.18. The van der Waals surface area contributed by atoms with E-state index in [0.29, 0.717) is 0 Å². The van der Waals surface area contributed by atoms with Crippen LogP contribution in [0.25, 0.3) is 5.57 Å². The zero-order valence-electron chi connectivity index (χ0n) is 7.68. The van der Waals surface area contributed by atoms with Crippen LogP contribution in [0.4, 0.5) is 0 Å². The molecule has 0 bridgehead atoms. The van der Waals surface area contributed by atoms with Crippen molar-refractivity contribution in [2.24, 2.45) is 0 Å². The van der Waals surface area contributed by atoms with Crippen molar-refractivity contribution in [2.45, 2.75) is 33.1 Å². The van der Waals surface area contributed by atoms with Gasteiger partial charge in [0, 0.05) is 12.0 Å². The second-order valence-electron chi connectivity index (χ2n) is 3.59. The first-order valence-corrected chi connectivity index (χ1v) is 4.52. The lowest BCUT2D eigenvalue weighted by Crippen LogP contribution is -1.99. The smallest absolute Gasteiger partial charge is 0.111 e. The molecule has 2 rings (SSSR count). The lowest BCUT2D eigenvalue weighted by molar-refractivity contribution is 0.496. The first-order valence-electron chi connectivity index (χ1n) is 4.52. The Kier molecular flexibility index (Phi) is 1.80. The van der Waals surface area contributed by atoms with Gasteiger partial charge in [0.2, 0.25) is 0 Å². The van der Waals surface area contributed by atoms with Crippen LogP contribution in [0.15, 0.2) is 22.3 Å². The van der Waals surface area contributed by atoms with E-state index in [9.17, 15) is 0 Å². The van der Waals surface area contributed by atoms with E-state index in [1.165, 1.54) is 35.3 Å². The van der Waals surface area contributed by atoms with Crippen LogP contribution in [0.2, 0.25) is 0 Å². The Bertz CT molecular complexity index is 314. The summed E-state index contributed by atoms with van der Waals surface area (Å²) >= 11 is 0. The van der Waals surface area contributed by atoms with Crippen LogP contribution in [0.1, 0.15) is 38.0 Å². The predicted molar refractivity (Wildman–Crippen MR) is 49.9 cm³/mol. The molecule has 0 aliphatic heterocycles. The maximum Gasteiger partial charge on any atom is 0.111 e. The second-order valence-corrected chi connectivity index (χ2v) is 3.59. The van der Waals surface area contributed by atoms with Gasteiger partial charge in [-0.15, -0.1) is 0 Å². The van der Waals surface area contributed by atoms with E-state index in [4.69, 9.17) is 4.42 Å². The Morgan fingerprint density at radius 3 is 2.92 bits per heavy atom. The Morgan fingerprint density at radius 1 is 1.33 bits per heavy atom. The Morgan fingerprint density at radius 2 is 2.17 bits per heavy atom. The van der Waals surface area contributed by atoms with Crippen LogP contribution < -0.4 is 0 Å². The van der Waals surface area contributed by atoms with E-state index < -0.39 is 0 Å². The van der Waals surface area contributed by atoms with Crippen LogP contribution in [0, 0.1) is 0 Å². The SMILES string of the molecule is CC(C)=C1CCCc2occc21. The minimum atomic E-state index is 1.11. The third-order valence-corrected chi connectivity index (χ3v) is 2.50. The van der Waals surface area contributed by atoms with E-state index in [-0.39, 0.29) is 0 Å². The van der Waals surface area contributed by atoms with Crippen molar-refractivity contribution >= 4 is 5.57 Å². The summed E-state index contributed by atoms with van der Waals surface area (Å²) in [6, 6.07) is 2.09. The highest BCUT2D eigenvalue weighted by atomic mass is 16.3. The normalized spacial score (nSPS) is 16.0. The van der Waals surface area contributed by atoms with Gasteiger partial charge in [-0.2, -0.15) is 0 Å². The van der Waals surface area contributed by atoms with Gasteiger partial charge in [0.15, 0.2) is 0 Å². The molecule has 0 amide bonds. The average molecular weight is 162 g/mol. The topological polar surface area (TPSA) is 13.1 Å². The molecule has 1 aliphatic rings. The molecule has 1 aromatic heterocycles. The van der Waals surface area contributed by atoms with Crippen molar-refractivity contribution in [3.63, 3.8) is 0 Å². The molecule has 0 aromatic carbocycles. The summed E-state index contributed by atoms with van der Waals surface area (Å²) in [5, 5.41) is 0. The van der Waals surface area contributed by atoms with Gasteiger partial charge in [-0.1, -0.05) is 5.57 Å². The van der Waals surface area contributed by atoms with Gasteiger partial charge in [-0.25, -0.2) is 0 Å². The average Bonchev–Trinajstić information content (AvgIpc) is 2.49. The van der Waals surface area contributed by atoms with Gasteiger partial charge < -0.3 is 4.42 Å². The molecule has 0 N–H and O–H groups in total. The molecule has 1 heteroatoms. The fraction of sp³-hybridized carbons (Fsp3) is 0.455. The van der Waals surface area contributed by atoms with Gasteiger partial charge in [0.1, 0.15) is 5.76 Å². The van der Waals surface area contributed by atoms with Crippen molar-refractivity contribution in [3.05, 3.63) is 29.2 Å². The molecule has 1 nitrogen and oxygen atoms in total. The summed E-state index contributed by atoms with van der Waals surface area (Å²) in [4.78, 5) is 0. The number of rotatable bonds is 0. The molecule has 0 unspecified atom stereocenters. The van der Waals surface area contributed by atoms with Crippen molar-refractivity contribution in [1.29, 1.82) is 0 Å². The van der Waals surface area contributed by atoms with E-state index in [0.717, 1.165) is 6.42 Å². The number of allylic oxidation sites excluding steroid dienone is 2. The quantitative estimate of drug-likeness (QED) is 0.569. The number of hydrogen-bond donors (Lipinski definition) is 0. The van der Waals surface area contributed by atoms with Gasteiger partial charge in [0.25, 0.3) is 0 Å². The van der Waals surface area contributed by atoms with Gasteiger partial charge in [-0.05, 0) is 38.3 Å².